The summed E-state index contributed by atoms with van der Waals surface area (Å²) in [6.45, 7) is 0.584. The summed E-state index contributed by atoms with van der Waals surface area (Å²) in [6.07, 6.45) is 5.81. The van der Waals surface area contributed by atoms with E-state index in [1.54, 1.807) is 0 Å². The maximum atomic E-state index is 12.7. The Morgan fingerprint density at radius 1 is 1.21 bits per heavy atom. The molecule has 0 atom stereocenters. The Hall–Kier alpha value is -2.35. The van der Waals surface area contributed by atoms with Crippen LogP contribution >= 0.6 is 0 Å². The fourth-order valence-electron chi connectivity index (χ4n) is 1.39. The first-order valence-electron chi connectivity index (χ1n) is 5.87. The molecule has 0 aliphatic rings. The van der Waals surface area contributed by atoms with Crippen molar-refractivity contribution in [3.63, 3.8) is 0 Å². The van der Waals surface area contributed by atoms with Crippen LogP contribution in [-0.4, -0.2) is 24.9 Å². The molecule has 1 aromatic rings. The van der Waals surface area contributed by atoms with Crippen molar-refractivity contribution in [3.05, 3.63) is 35.6 Å². The minimum absolute atomic E-state index is 0.144. The first-order chi connectivity index (χ1) is 9.13. The van der Waals surface area contributed by atoms with Crippen LogP contribution in [0.2, 0.25) is 0 Å². The van der Waals surface area contributed by atoms with Crippen molar-refractivity contribution in [1.82, 2.24) is 10.6 Å². The predicted molar refractivity (Wildman–Crippen MR) is 69.8 cm³/mol. The van der Waals surface area contributed by atoms with Gasteiger partial charge in [-0.25, -0.2) is 4.39 Å². The zero-order valence-corrected chi connectivity index (χ0v) is 10.4. The topological polar surface area (TPSA) is 58.2 Å². The fourth-order valence-corrected chi connectivity index (χ4v) is 1.39. The molecule has 4 nitrogen and oxygen atoms in total. The number of hydrogen-bond acceptors (Lipinski definition) is 2. The van der Waals surface area contributed by atoms with Crippen LogP contribution in [0.4, 0.5) is 4.39 Å². The highest BCUT2D eigenvalue weighted by atomic mass is 19.1. The molecule has 19 heavy (non-hydrogen) atoms. The van der Waals surface area contributed by atoms with Gasteiger partial charge in [0.1, 0.15) is 5.82 Å². The number of carbonyl (C=O) groups excluding carboxylic acids is 2. The van der Waals surface area contributed by atoms with Gasteiger partial charge in [0.25, 0.3) is 5.91 Å². The minimum atomic E-state index is -0.387. The highest BCUT2D eigenvalue weighted by Gasteiger charge is 2.05. The maximum Gasteiger partial charge on any atom is 0.251 e. The van der Waals surface area contributed by atoms with Gasteiger partial charge in [0.15, 0.2) is 0 Å². The smallest absolute Gasteiger partial charge is 0.251 e. The standard InChI is InChI=1S/C14H15FN2O2/c1-2-9-16-13(18)4-3-10-17-14(19)11-5-7-12(15)8-6-11/h1,5-8H,3-4,9-10H2,(H,16,18)(H,17,19). The van der Waals surface area contributed by atoms with E-state index in [4.69, 9.17) is 6.42 Å². The van der Waals surface area contributed by atoms with Gasteiger partial charge in [0.05, 0.1) is 6.54 Å². The third-order valence-corrected chi connectivity index (χ3v) is 2.36. The summed E-state index contributed by atoms with van der Waals surface area (Å²) in [6, 6.07) is 5.26. The van der Waals surface area contributed by atoms with Gasteiger partial charge in [0.2, 0.25) is 5.91 Å². The van der Waals surface area contributed by atoms with Crippen molar-refractivity contribution in [2.45, 2.75) is 12.8 Å². The molecule has 0 aromatic heterocycles. The van der Waals surface area contributed by atoms with Crippen molar-refractivity contribution in [2.24, 2.45) is 0 Å². The molecule has 100 valence electrons. The predicted octanol–water partition coefficient (Wildman–Crippen LogP) is 1.09. The van der Waals surface area contributed by atoms with Crippen LogP contribution in [0.1, 0.15) is 23.2 Å². The Bertz CT molecular complexity index is 477. The SMILES string of the molecule is C#CCNC(=O)CCCNC(=O)c1ccc(F)cc1. The van der Waals surface area contributed by atoms with E-state index in [2.05, 4.69) is 16.6 Å². The Balaban J connectivity index is 2.23. The van der Waals surface area contributed by atoms with Gasteiger partial charge in [-0.1, -0.05) is 5.92 Å². The van der Waals surface area contributed by atoms with Gasteiger partial charge in [0, 0.05) is 18.5 Å². The summed E-state index contributed by atoms with van der Waals surface area (Å²) in [7, 11) is 0. The quantitative estimate of drug-likeness (QED) is 0.595. The number of benzene rings is 1. The van der Waals surface area contributed by atoms with Crippen LogP contribution in [0.3, 0.4) is 0 Å². The van der Waals surface area contributed by atoms with E-state index < -0.39 is 0 Å². The zero-order chi connectivity index (χ0) is 14.1. The van der Waals surface area contributed by atoms with Crippen molar-refractivity contribution >= 4 is 11.8 Å². The lowest BCUT2D eigenvalue weighted by molar-refractivity contribution is -0.120. The Morgan fingerprint density at radius 2 is 1.89 bits per heavy atom. The molecule has 1 aromatic carbocycles. The summed E-state index contributed by atoms with van der Waals surface area (Å²) in [5.74, 6) is 1.48. The zero-order valence-electron chi connectivity index (χ0n) is 10.4. The lowest BCUT2D eigenvalue weighted by atomic mass is 10.2. The molecule has 0 saturated heterocycles. The number of nitrogens with one attached hydrogen (secondary N) is 2. The normalized spacial score (nSPS) is 9.47. The molecule has 1 rings (SSSR count). The van der Waals surface area contributed by atoms with Crippen LogP contribution in [0.15, 0.2) is 24.3 Å². The van der Waals surface area contributed by atoms with E-state index in [1.807, 2.05) is 0 Å². The molecular weight excluding hydrogens is 247 g/mol. The molecule has 2 amide bonds. The number of carbonyl (C=O) groups is 2. The molecule has 0 unspecified atom stereocenters. The highest BCUT2D eigenvalue weighted by Crippen LogP contribution is 2.02. The number of terminal acetylenes is 1. The van der Waals surface area contributed by atoms with E-state index >= 15 is 0 Å². The van der Waals surface area contributed by atoms with E-state index in [1.165, 1.54) is 24.3 Å². The summed E-state index contributed by atoms with van der Waals surface area (Å²) in [4.78, 5) is 22.8. The second-order valence-corrected chi connectivity index (χ2v) is 3.85. The second kappa shape index (κ2) is 7.88. The van der Waals surface area contributed by atoms with Crippen LogP contribution in [0.25, 0.3) is 0 Å². The summed E-state index contributed by atoms with van der Waals surface area (Å²) >= 11 is 0. The number of hydrogen-bond donors (Lipinski definition) is 2. The number of rotatable bonds is 6. The molecule has 0 radical (unpaired) electrons. The molecule has 0 fully saturated rings. The maximum absolute atomic E-state index is 12.7. The number of halogens is 1. The van der Waals surface area contributed by atoms with E-state index in [-0.39, 0.29) is 24.2 Å². The molecule has 5 heteroatoms. The molecule has 0 saturated carbocycles. The van der Waals surface area contributed by atoms with Crippen LogP contribution in [0, 0.1) is 18.2 Å². The molecule has 0 spiro atoms. The molecule has 2 N–H and O–H groups in total. The average molecular weight is 262 g/mol. The number of amides is 2. The second-order valence-electron chi connectivity index (χ2n) is 3.85. The van der Waals surface area contributed by atoms with Crippen LogP contribution in [-0.2, 0) is 4.79 Å². The Kier molecular flexibility index (Phi) is 6.10. The molecule has 0 bridgehead atoms. The fraction of sp³-hybridized carbons (Fsp3) is 0.286. The molecule has 0 aliphatic carbocycles. The van der Waals surface area contributed by atoms with Gasteiger partial charge in [-0.3, -0.25) is 9.59 Å². The first kappa shape index (κ1) is 14.7. The molecule has 0 heterocycles. The van der Waals surface area contributed by atoms with E-state index in [0.29, 0.717) is 24.9 Å². The van der Waals surface area contributed by atoms with Gasteiger partial charge in [-0.05, 0) is 30.7 Å². The first-order valence-corrected chi connectivity index (χ1v) is 5.87. The third kappa shape index (κ3) is 5.68. The van der Waals surface area contributed by atoms with Crippen molar-refractivity contribution in [2.75, 3.05) is 13.1 Å². The Morgan fingerprint density at radius 3 is 2.53 bits per heavy atom. The van der Waals surface area contributed by atoms with Gasteiger partial charge in [-0.2, -0.15) is 0 Å². The van der Waals surface area contributed by atoms with Crippen LogP contribution in [0.5, 0.6) is 0 Å². The van der Waals surface area contributed by atoms with Crippen molar-refractivity contribution < 1.29 is 14.0 Å². The summed E-state index contributed by atoms with van der Waals surface area (Å²) in [5.41, 5.74) is 0.387. The third-order valence-electron chi connectivity index (χ3n) is 2.36. The summed E-state index contributed by atoms with van der Waals surface area (Å²) < 4.78 is 12.7. The van der Waals surface area contributed by atoms with Crippen LogP contribution < -0.4 is 10.6 Å². The van der Waals surface area contributed by atoms with Gasteiger partial charge < -0.3 is 10.6 Å². The minimum Gasteiger partial charge on any atom is -0.352 e. The lowest BCUT2D eigenvalue weighted by Crippen LogP contribution is -2.27. The largest absolute Gasteiger partial charge is 0.352 e. The van der Waals surface area contributed by atoms with E-state index in [9.17, 15) is 14.0 Å². The van der Waals surface area contributed by atoms with Gasteiger partial charge >= 0.3 is 0 Å². The molecule has 0 aliphatic heterocycles. The lowest BCUT2D eigenvalue weighted by Gasteiger charge is -2.05. The summed E-state index contributed by atoms with van der Waals surface area (Å²) in [5, 5.41) is 5.18. The van der Waals surface area contributed by atoms with Gasteiger partial charge in [-0.15, -0.1) is 6.42 Å². The highest BCUT2D eigenvalue weighted by molar-refractivity contribution is 5.94. The van der Waals surface area contributed by atoms with E-state index in [0.717, 1.165) is 0 Å². The average Bonchev–Trinajstić information content (AvgIpc) is 2.41. The molecular formula is C14H15FN2O2. The van der Waals surface area contributed by atoms with Crippen molar-refractivity contribution in [1.29, 1.82) is 0 Å². The van der Waals surface area contributed by atoms with Crippen molar-refractivity contribution in [3.8, 4) is 12.3 Å². The monoisotopic (exact) mass is 262 g/mol. The Labute approximate surface area is 111 Å².